The number of aromatic nitrogens is 1. The van der Waals surface area contributed by atoms with Gasteiger partial charge in [0.15, 0.2) is 0 Å². The topological polar surface area (TPSA) is 50.2 Å². The second-order valence-corrected chi connectivity index (χ2v) is 4.24. The van der Waals surface area contributed by atoms with Gasteiger partial charge in [0.1, 0.15) is 5.25 Å². The van der Waals surface area contributed by atoms with Gasteiger partial charge in [-0.3, -0.25) is 9.78 Å². The zero-order valence-electron chi connectivity index (χ0n) is 8.23. The zero-order chi connectivity index (χ0) is 10.6. The summed E-state index contributed by atoms with van der Waals surface area (Å²) in [6.07, 6.45) is 4.06. The number of carboxylic acids is 1. The Hall–Kier alpha value is -1.03. The number of aryl methyl sites for hydroxylation is 1. The van der Waals surface area contributed by atoms with E-state index in [2.05, 4.69) is 4.98 Å². The second kappa shape index (κ2) is 5.00. The fraction of sp³-hybridized carbons (Fsp3) is 0.400. The van der Waals surface area contributed by atoms with E-state index in [1.54, 1.807) is 12.4 Å². The van der Waals surface area contributed by atoms with Crippen LogP contribution >= 0.6 is 11.8 Å². The van der Waals surface area contributed by atoms with Gasteiger partial charge in [-0.25, -0.2) is 0 Å². The lowest BCUT2D eigenvalue weighted by Gasteiger charge is -2.10. The van der Waals surface area contributed by atoms with E-state index in [0.29, 0.717) is 6.42 Å². The van der Waals surface area contributed by atoms with Gasteiger partial charge in [0.25, 0.3) is 0 Å². The van der Waals surface area contributed by atoms with Crippen LogP contribution in [0.1, 0.15) is 18.9 Å². The molecule has 1 N–H and O–H groups in total. The van der Waals surface area contributed by atoms with Gasteiger partial charge < -0.3 is 5.11 Å². The van der Waals surface area contributed by atoms with Crippen molar-refractivity contribution in [3.63, 3.8) is 0 Å². The third-order valence-electron chi connectivity index (χ3n) is 1.88. The summed E-state index contributed by atoms with van der Waals surface area (Å²) in [6.45, 7) is 3.81. The summed E-state index contributed by atoms with van der Waals surface area (Å²) < 4.78 is 0. The van der Waals surface area contributed by atoms with Crippen molar-refractivity contribution < 1.29 is 9.90 Å². The highest BCUT2D eigenvalue weighted by atomic mass is 32.2. The van der Waals surface area contributed by atoms with Gasteiger partial charge in [0, 0.05) is 17.3 Å². The molecular formula is C10H13NO2S. The summed E-state index contributed by atoms with van der Waals surface area (Å²) in [4.78, 5) is 15.8. The number of carbonyl (C=O) groups is 1. The normalized spacial score (nSPS) is 12.4. The Kier molecular flexibility index (Phi) is 3.95. The highest BCUT2D eigenvalue weighted by Gasteiger charge is 2.16. The maximum absolute atomic E-state index is 10.8. The molecule has 0 bridgehead atoms. The van der Waals surface area contributed by atoms with Gasteiger partial charge in [-0.2, -0.15) is 0 Å². The van der Waals surface area contributed by atoms with Crippen LogP contribution in [0.2, 0.25) is 0 Å². The Morgan fingerprint density at radius 2 is 2.43 bits per heavy atom. The van der Waals surface area contributed by atoms with Gasteiger partial charge >= 0.3 is 5.97 Å². The fourth-order valence-electron chi connectivity index (χ4n) is 1.05. The van der Waals surface area contributed by atoms with Gasteiger partial charge in [-0.15, -0.1) is 11.8 Å². The molecule has 3 nitrogen and oxygen atoms in total. The first-order chi connectivity index (χ1) is 6.65. The molecule has 0 fully saturated rings. The first-order valence-electron chi connectivity index (χ1n) is 4.45. The van der Waals surface area contributed by atoms with Gasteiger partial charge in [-0.1, -0.05) is 6.92 Å². The van der Waals surface area contributed by atoms with Gasteiger partial charge in [0.2, 0.25) is 0 Å². The first kappa shape index (κ1) is 11.0. The predicted octanol–water partition coefficient (Wildman–Crippen LogP) is 2.35. The summed E-state index contributed by atoms with van der Waals surface area (Å²) >= 11 is 1.38. The number of hydrogen-bond acceptors (Lipinski definition) is 3. The third kappa shape index (κ3) is 2.73. The molecule has 1 unspecified atom stereocenters. The fourth-order valence-corrected chi connectivity index (χ4v) is 2.01. The number of aliphatic carboxylic acids is 1. The quantitative estimate of drug-likeness (QED) is 0.777. The monoisotopic (exact) mass is 211 g/mol. The van der Waals surface area contributed by atoms with Crippen molar-refractivity contribution in [2.24, 2.45) is 0 Å². The second-order valence-electron chi connectivity index (χ2n) is 2.99. The third-order valence-corrected chi connectivity index (χ3v) is 3.42. The van der Waals surface area contributed by atoms with Crippen LogP contribution in [-0.4, -0.2) is 21.3 Å². The standard InChI is InChI=1S/C10H13NO2S/c1-3-8(10(12)13)14-9-4-5-11-6-7(9)2/h4-6,8H,3H2,1-2H3,(H,12,13). The minimum atomic E-state index is -0.756. The maximum atomic E-state index is 10.8. The summed E-state index contributed by atoms with van der Waals surface area (Å²) in [6, 6.07) is 1.85. The van der Waals surface area contributed by atoms with Crippen molar-refractivity contribution in [2.45, 2.75) is 30.4 Å². The van der Waals surface area contributed by atoms with Crippen LogP contribution in [0.25, 0.3) is 0 Å². The summed E-state index contributed by atoms with van der Waals surface area (Å²) in [7, 11) is 0. The van der Waals surface area contributed by atoms with E-state index in [-0.39, 0.29) is 5.25 Å². The molecule has 1 heterocycles. The largest absolute Gasteiger partial charge is 0.480 e. The van der Waals surface area contributed by atoms with Crippen LogP contribution in [0.5, 0.6) is 0 Å². The van der Waals surface area contributed by atoms with Crippen molar-refractivity contribution in [3.05, 3.63) is 24.0 Å². The van der Waals surface area contributed by atoms with Crippen LogP contribution in [-0.2, 0) is 4.79 Å². The molecule has 0 aliphatic rings. The zero-order valence-corrected chi connectivity index (χ0v) is 9.04. The number of hydrogen-bond donors (Lipinski definition) is 1. The van der Waals surface area contributed by atoms with E-state index in [9.17, 15) is 4.79 Å². The van der Waals surface area contributed by atoms with Crippen molar-refractivity contribution in [1.29, 1.82) is 0 Å². The lowest BCUT2D eigenvalue weighted by molar-refractivity contribution is -0.136. The molecule has 1 rings (SSSR count). The molecule has 4 heteroatoms. The Morgan fingerprint density at radius 1 is 1.71 bits per heavy atom. The molecule has 0 spiro atoms. The van der Waals surface area contributed by atoms with Crippen LogP contribution in [0.4, 0.5) is 0 Å². The van der Waals surface area contributed by atoms with Gasteiger partial charge in [-0.05, 0) is 25.0 Å². The van der Waals surface area contributed by atoms with Crippen molar-refractivity contribution >= 4 is 17.7 Å². The minimum Gasteiger partial charge on any atom is -0.480 e. The molecule has 14 heavy (non-hydrogen) atoms. The van der Waals surface area contributed by atoms with Gasteiger partial charge in [0.05, 0.1) is 0 Å². The molecule has 0 saturated heterocycles. The van der Waals surface area contributed by atoms with E-state index in [4.69, 9.17) is 5.11 Å². The first-order valence-corrected chi connectivity index (χ1v) is 5.33. The van der Waals surface area contributed by atoms with E-state index >= 15 is 0 Å². The lowest BCUT2D eigenvalue weighted by atomic mass is 10.3. The molecule has 0 aromatic carbocycles. The Balaban J connectivity index is 2.77. The van der Waals surface area contributed by atoms with Crippen LogP contribution in [0.15, 0.2) is 23.4 Å². The van der Waals surface area contributed by atoms with Crippen LogP contribution in [0.3, 0.4) is 0 Å². The Bertz CT molecular complexity index is 328. The molecule has 1 atom stereocenters. The molecule has 0 aliphatic carbocycles. The van der Waals surface area contributed by atoms with Crippen LogP contribution in [0, 0.1) is 6.92 Å². The summed E-state index contributed by atoms with van der Waals surface area (Å²) in [5, 5.41) is 8.52. The van der Waals surface area contributed by atoms with Crippen molar-refractivity contribution in [1.82, 2.24) is 4.98 Å². The average molecular weight is 211 g/mol. The predicted molar refractivity (Wildman–Crippen MR) is 56.5 cm³/mol. The molecular weight excluding hydrogens is 198 g/mol. The van der Waals surface area contributed by atoms with Crippen molar-refractivity contribution in [2.75, 3.05) is 0 Å². The Morgan fingerprint density at radius 3 is 2.93 bits per heavy atom. The maximum Gasteiger partial charge on any atom is 0.316 e. The molecule has 0 amide bonds. The van der Waals surface area contributed by atoms with E-state index in [0.717, 1.165) is 10.5 Å². The number of carboxylic acid groups (broad SMARTS) is 1. The van der Waals surface area contributed by atoms with E-state index < -0.39 is 5.97 Å². The van der Waals surface area contributed by atoms with Crippen molar-refractivity contribution in [3.8, 4) is 0 Å². The average Bonchev–Trinajstić information content (AvgIpc) is 2.16. The Labute approximate surface area is 87.6 Å². The number of pyridine rings is 1. The summed E-state index contributed by atoms with van der Waals surface area (Å²) in [5.74, 6) is -0.756. The molecule has 1 aromatic rings. The van der Waals surface area contributed by atoms with E-state index in [1.165, 1.54) is 11.8 Å². The molecule has 76 valence electrons. The van der Waals surface area contributed by atoms with E-state index in [1.807, 2.05) is 19.9 Å². The smallest absolute Gasteiger partial charge is 0.316 e. The number of thioether (sulfide) groups is 1. The molecule has 0 saturated carbocycles. The SMILES string of the molecule is CCC(Sc1ccncc1C)C(=O)O. The van der Waals surface area contributed by atoms with Crippen LogP contribution < -0.4 is 0 Å². The lowest BCUT2D eigenvalue weighted by Crippen LogP contribution is -2.14. The summed E-state index contributed by atoms with van der Waals surface area (Å²) in [5.41, 5.74) is 1.03. The highest BCUT2D eigenvalue weighted by molar-refractivity contribution is 8.00. The number of rotatable bonds is 4. The number of nitrogens with zero attached hydrogens (tertiary/aromatic N) is 1. The molecule has 0 aliphatic heterocycles. The molecule has 0 radical (unpaired) electrons. The minimum absolute atomic E-state index is 0.365. The highest BCUT2D eigenvalue weighted by Crippen LogP contribution is 2.27. The molecule has 1 aromatic heterocycles.